The van der Waals surface area contributed by atoms with Crippen molar-refractivity contribution in [1.82, 2.24) is 10.2 Å². The highest BCUT2D eigenvalue weighted by atomic mass is 16.2. The van der Waals surface area contributed by atoms with Crippen LogP contribution in [0.15, 0.2) is 0 Å². The summed E-state index contributed by atoms with van der Waals surface area (Å²) in [5.74, 6) is 0.740. The molecule has 2 amide bonds. The van der Waals surface area contributed by atoms with E-state index < -0.39 is 0 Å². The zero-order valence-corrected chi connectivity index (χ0v) is 14.1. The lowest BCUT2D eigenvalue weighted by Crippen LogP contribution is -2.47. The highest BCUT2D eigenvalue weighted by molar-refractivity contribution is 5.77. The molecule has 2 fully saturated rings. The van der Waals surface area contributed by atoms with Crippen LogP contribution in [-0.4, -0.2) is 35.8 Å². The van der Waals surface area contributed by atoms with Crippen molar-refractivity contribution in [3.63, 3.8) is 0 Å². The smallest absolute Gasteiger partial charge is 0.222 e. The number of unbranched alkanes of at least 4 members (excludes halogenated alkanes) is 1. The normalized spacial score (nSPS) is 25.1. The average Bonchev–Trinajstić information content (AvgIpc) is 2.76. The molecule has 1 saturated heterocycles. The Morgan fingerprint density at radius 2 is 2.00 bits per heavy atom. The van der Waals surface area contributed by atoms with E-state index in [4.69, 9.17) is 0 Å². The molecule has 2 rings (SSSR count). The molecule has 0 aromatic heterocycles. The monoisotopic (exact) mass is 308 g/mol. The minimum absolute atomic E-state index is 0.101. The lowest BCUT2D eigenvalue weighted by atomic mass is 9.80. The average molecular weight is 308 g/mol. The maximum Gasteiger partial charge on any atom is 0.222 e. The fraction of sp³-hybridized carbons (Fsp3) is 0.889. The second kappa shape index (κ2) is 9.16. The van der Waals surface area contributed by atoms with Gasteiger partial charge in [0.1, 0.15) is 0 Å². The van der Waals surface area contributed by atoms with Gasteiger partial charge >= 0.3 is 0 Å². The molecule has 0 bridgehead atoms. The van der Waals surface area contributed by atoms with Crippen molar-refractivity contribution in [3.05, 3.63) is 0 Å². The highest BCUT2D eigenvalue weighted by Gasteiger charge is 2.33. The standard InChI is InChI=1S/C18H32N2O2/c1-2-3-11-17(15-8-5-4-6-9-15)20(14-21)16-10-7-12-19-18(22)13-16/h14-17H,2-13H2,1H3,(H,19,22)/t16?,17-/m0/s1. The van der Waals surface area contributed by atoms with Crippen molar-refractivity contribution in [3.8, 4) is 0 Å². The van der Waals surface area contributed by atoms with Gasteiger partial charge in [-0.2, -0.15) is 0 Å². The minimum atomic E-state index is 0.101. The molecule has 2 aliphatic rings. The molecule has 2 atom stereocenters. The first-order chi connectivity index (χ1) is 10.8. The summed E-state index contributed by atoms with van der Waals surface area (Å²) in [6, 6.07) is 0.442. The molecule has 1 aliphatic heterocycles. The van der Waals surface area contributed by atoms with E-state index in [1.165, 1.54) is 44.9 Å². The zero-order chi connectivity index (χ0) is 15.8. The lowest BCUT2D eigenvalue weighted by molar-refractivity contribution is -0.127. The SMILES string of the molecule is CCCC[C@@H](C1CCCCC1)N(C=O)C1CCCNC(=O)C1. The summed E-state index contributed by atoms with van der Waals surface area (Å²) in [7, 11) is 0. The van der Waals surface area contributed by atoms with Gasteiger partial charge in [-0.3, -0.25) is 9.59 Å². The number of amides is 2. The van der Waals surface area contributed by atoms with Crippen LogP contribution in [0, 0.1) is 5.92 Å². The van der Waals surface area contributed by atoms with Gasteiger partial charge < -0.3 is 10.2 Å². The van der Waals surface area contributed by atoms with Crippen molar-refractivity contribution in [2.24, 2.45) is 5.92 Å². The van der Waals surface area contributed by atoms with Crippen LogP contribution >= 0.6 is 0 Å². The molecule has 4 nitrogen and oxygen atoms in total. The van der Waals surface area contributed by atoms with E-state index in [0.29, 0.717) is 18.4 Å². The topological polar surface area (TPSA) is 49.4 Å². The molecule has 0 spiro atoms. The quantitative estimate of drug-likeness (QED) is 0.734. The summed E-state index contributed by atoms with van der Waals surface area (Å²) < 4.78 is 0. The first kappa shape index (κ1) is 17.3. The molecule has 4 heteroatoms. The van der Waals surface area contributed by atoms with Crippen LogP contribution in [0.2, 0.25) is 0 Å². The number of hydrogen-bond donors (Lipinski definition) is 1. The second-order valence-electron chi connectivity index (χ2n) is 7.01. The van der Waals surface area contributed by atoms with Gasteiger partial charge in [0, 0.05) is 25.0 Å². The molecule has 0 aromatic rings. The van der Waals surface area contributed by atoms with E-state index in [-0.39, 0.29) is 11.9 Å². The molecule has 0 radical (unpaired) electrons. The van der Waals surface area contributed by atoms with Crippen LogP contribution in [0.1, 0.15) is 77.6 Å². The van der Waals surface area contributed by atoms with Crippen LogP contribution in [-0.2, 0) is 9.59 Å². The van der Waals surface area contributed by atoms with Crippen LogP contribution < -0.4 is 5.32 Å². The molecule has 1 aliphatic carbocycles. The van der Waals surface area contributed by atoms with Gasteiger partial charge in [-0.25, -0.2) is 0 Å². The Labute approximate surface area is 135 Å². The Bertz CT molecular complexity index is 353. The third-order valence-electron chi connectivity index (χ3n) is 5.43. The number of nitrogens with zero attached hydrogens (tertiary/aromatic N) is 1. The van der Waals surface area contributed by atoms with Crippen molar-refractivity contribution in [2.45, 2.75) is 89.6 Å². The second-order valence-corrected chi connectivity index (χ2v) is 7.01. The first-order valence-electron chi connectivity index (χ1n) is 9.25. The van der Waals surface area contributed by atoms with Gasteiger partial charge in [-0.1, -0.05) is 39.0 Å². The van der Waals surface area contributed by atoms with Crippen LogP contribution in [0.5, 0.6) is 0 Å². The van der Waals surface area contributed by atoms with Crippen molar-refractivity contribution >= 4 is 12.3 Å². The highest BCUT2D eigenvalue weighted by Crippen LogP contribution is 2.33. The summed E-state index contributed by atoms with van der Waals surface area (Å²) in [5, 5.41) is 2.93. The first-order valence-corrected chi connectivity index (χ1v) is 9.25. The zero-order valence-electron chi connectivity index (χ0n) is 14.1. The summed E-state index contributed by atoms with van der Waals surface area (Å²) in [4.78, 5) is 25.8. The third-order valence-corrected chi connectivity index (χ3v) is 5.43. The van der Waals surface area contributed by atoms with Crippen LogP contribution in [0.25, 0.3) is 0 Å². The van der Waals surface area contributed by atoms with Crippen LogP contribution in [0.4, 0.5) is 0 Å². The van der Waals surface area contributed by atoms with Gasteiger partial charge in [0.15, 0.2) is 0 Å². The van der Waals surface area contributed by atoms with E-state index in [1.807, 2.05) is 4.90 Å². The van der Waals surface area contributed by atoms with Gasteiger partial charge in [-0.05, 0) is 38.0 Å². The van der Waals surface area contributed by atoms with Crippen LogP contribution in [0.3, 0.4) is 0 Å². The molecular weight excluding hydrogens is 276 g/mol. The largest absolute Gasteiger partial charge is 0.356 e. The molecule has 126 valence electrons. The van der Waals surface area contributed by atoms with Crippen molar-refractivity contribution in [1.29, 1.82) is 0 Å². The van der Waals surface area contributed by atoms with Gasteiger partial charge in [0.05, 0.1) is 0 Å². The fourth-order valence-electron chi connectivity index (χ4n) is 4.20. The summed E-state index contributed by atoms with van der Waals surface area (Å²) in [6.07, 6.45) is 13.3. The molecule has 1 unspecified atom stereocenters. The molecule has 1 heterocycles. The number of carbonyl (C=O) groups is 2. The summed E-state index contributed by atoms with van der Waals surface area (Å²) in [5.41, 5.74) is 0. The predicted octanol–water partition coefficient (Wildman–Crippen LogP) is 3.25. The number of hydrogen-bond acceptors (Lipinski definition) is 2. The van der Waals surface area contributed by atoms with Gasteiger partial charge in [0.25, 0.3) is 0 Å². The maximum atomic E-state index is 11.9. The van der Waals surface area contributed by atoms with Crippen molar-refractivity contribution in [2.75, 3.05) is 6.54 Å². The Morgan fingerprint density at radius 3 is 2.68 bits per heavy atom. The third kappa shape index (κ3) is 4.72. The minimum Gasteiger partial charge on any atom is -0.356 e. The van der Waals surface area contributed by atoms with E-state index in [1.54, 1.807) is 0 Å². The molecule has 1 N–H and O–H groups in total. The van der Waals surface area contributed by atoms with E-state index in [2.05, 4.69) is 12.2 Å². The summed E-state index contributed by atoms with van der Waals surface area (Å²) in [6.45, 7) is 2.97. The predicted molar refractivity (Wildman–Crippen MR) is 88.4 cm³/mol. The maximum absolute atomic E-state index is 11.9. The van der Waals surface area contributed by atoms with Gasteiger partial charge in [0.2, 0.25) is 12.3 Å². The number of carbonyl (C=O) groups excluding carboxylic acids is 2. The van der Waals surface area contributed by atoms with E-state index >= 15 is 0 Å². The number of rotatable bonds is 7. The molecule has 0 aromatic carbocycles. The summed E-state index contributed by atoms with van der Waals surface area (Å²) >= 11 is 0. The Balaban J connectivity index is 2.09. The van der Waals surface area contributed by atoms with Gasteiger partial charge in [-0.15, -0.1) is 0 Å². The molecule has 22 heavy (non-hydrogen) atoms. The van der Waals surface area contributed by atoms with E-state index in [9.17, 15) is 9.59 Å². The Kier molecular flexibility index (Phi) is 7.20. The van der Waals surface area contributed by atoms with Crippen molar-refractivity contribution < 1.29 is 9.59 Å². The Morgan fingerprint density at radius 1 is 1.23 bits per heavy atom. The number of nitrogens with one attached hydrogen (secondary N) is 1. The lowest BCUT2D eigenvalue weighted by Gasteiger charge is -2.41. The fourth-order valence-corrected chi connectivity index (χ4v) is 4.20. The van der Waals surface area contributed by atoms with E-state index in [0.717, 1.165) is 32.2 Å². The molecular formula is C18H32N2O2. The Hall–Kier alpha value is -1.06. The molecule has 1 saturated carbocycles.